The zero-order valence-corrected chi connectivity index (χ0v) is 6.73. The standard InChI is InChI=1S/C5H7BrO3/c1-3(7)4(6)5(8)9-2/h7H,1-2H3/b4-3-. The van der Waals surface area contributed by atoms with Gasteiger partial charge in [-0.3, -0.25) is 0 Å². The van der Waals surface area contributed by atoms with Crippen molar-refractivity contribution in [1.82, 2.24) is 0 Å². The molecule has 52 valence electrons. The van der Waals surface area contributed by atoms with Crippen molar-refractivity contribution >= 4 is 21.9 Å². The Hall–Kier alpha value is -0.510. The summed E-state index contributed by atoms with van der Waals surface area (Å²) in [6.45, 7) is 1.39. The largest absolute Gasteiger partial charge is 0.511 e. The van der Waals surface area contributed by atoms with Gasteiger partial charge in [0.1, 0.15) is 10.2 Å². The van der Waals surface area contributed by atoms with Crippen LogP contribution in [0.2, 0.25) is 0 Å². The van der Waals surface area contributed by atoms with Crippen molar-refractivity contribution in [3.8, 4) is 0 Å². The summed E-state index contributed by atoms with van der Waals surface area (Å²) in [5.41, 5.74) is 0. The summed E-state index contributed by atoms with van der Waals surface area (Å²) in [6, 6.07) is 0. The van der Waals surface area contributed by atoms with Crippen LogP contribution in [-0.2, 0) is 9.53 Å². The van der Waals surface area contributed by atoms with E-state index in [4.69, 9.17) is 5.11 Å². The van der Waals surface area contributed by atoms with Gasteiger partial charge in [0.2, 0.25) is 0 Å². The van der Waals surface area contributed by atoms with E-state index in [2.05, 4.69) is 20.7 Å². The fourth-order valence-electron chi connectivity index (χ4n) is 0.237. The highest BCUT2D eigenvalue weighted by Crippen LogP contribution is 2.10. The Bertz CT molecular complexity index is 146. The van der Waals surface area contributed by atoms with E-state index >= 15 is 0 Å². The molecule has 4 heteroatoms. The molecular weight excluding hydrogens is 188 g/mol. The van der Waals surface area contributed by atoms with Crippen LogP contribution in [0.15, 0.2) is 10.2 Å². The minimum Gasteiger partial charge on any atom is -0.511 e. The molecule has 1 N–H and O–H groups in total. The molecule has 0 saturated carbocycles. The summed E-state index contributed by atoms with van der Waals surface area (Å²) in [7, 11) is 1.24. The molecule has 3 nitrogen and oxygen atoms in total. The van der Waals surface area contributed by atoms with Crippen LogP contribution in [0.5, 0.6) is 0 Å². The Labute approximate surface area is 61.4 Å². The number of aliphatic hydroxyl groups excluding tert-OH is 1. The number of hydrogen-bond acceptors (Lipinski definition) is 3. The van der Waals surface area contributed by atoms with Crippen LogP contribution in [0, 0.1) is 0 Å². The molecule has 0 rings (SSSR count). The third-order valence-electron chi connectivity index (χ3n) is 0.682. The maximum atomic E-state index is 10.5. The second kappa shape index (κ2) is 3.50. The molecule has 0 aliphatic heterocycles. The Kier molecular flexibility index (Phi) is 3.30. The second-order valence-corrected chi connectivity index (χ2v) is 2.18. The molecular formula is C5H7BrO3. The molecule has 0 unspecified atom stereocenters. The molecule has 0 aromatic heterocycles. The zero-order valence-electron chi connectivity index (χ0n) is 5.14. The molecule has 0 saturated heterocycles. The predicted octanol–water partition coefficient (Wildman–Crippen LogP) is 1.34. The van der Waals surface area contributed by atoms with E-state index in [0.29, 0.717) is 0 Å². The number of allylic oxidation sites excluding steroid dienone is 1. The summed E-state index contributed by atoms with van der Waals surface area (Å²) in [5.74, 6) is -0.656. The first kappa shape index (κ1) is 8.49. The van der Waals surface area contributed by atoms with Gasteiger partial charge >= 0.3 is 5.97 Å². The predicted molar refractivity (Wildman–Crippen MR) is 36.3 cm³/mol. The van der Waals surface area contributed by atoms with Crippen molar-refractivity contribution in [2.75, 3.05) is 7.11 Å². The Morgan fingerprint density at radius 1 is 1.67 bits per heavy atom. The second-order valence-electron chi connectivity index (χ2n) is 1.39. The van der Waals surface area contributed by atoms with E-state index in [0.717, 1.165) is 0 Å². The SMILES string of the molecule is COC(=O)/C(Br)=C(\C)O. The summed E-state index contributed by atoms with van der Waals surface area (Å²) in [6.07, 6.45) is 0. The van der Waals surface area contributed by atoms with Gasteiger partial charge in [-0.05, 0) is 22.9 Å². The van der Waals surface area contributed by atoms with Gasteiger partial charge in [0.25, 0.3) is 0 Å². The highest BCUT2D eigenvalue weighted by molar-refractivity contribution is 9.12. The fourth-order valence-corrected chi connectivity index (χ4v) is 0.399. The van der Waals surface area contributed by atoms with Crippen molar-refractivity contribution in [3.05, 3.63) is 10.2 Å². The van der Waals surface area contributed by atoms with E-state index in [1.807, 2.05) is 0 Å². The topological polar surface area (TPSA) is 46.5 Å². The van der Waals surface area contributed by atoms with Crippen LogP contribution in [0.25, 0.3) is 0 Å². The fraction of sp³-hybridized carbons (Fsp3) is 0.400. The molecule has 0 spiro atoms. The van der Waals surface area contributed by atoms with E-state index in [1.54, 1.807) is 0 Å². The number of carbonyl (C=O) groups is 1. The molecule has 0 aliphatic carbocycles. The van der Waals surface area contributed by atoms with Crippen LogP contribution in [0.4, 0.5) is 0 Å². The summed E-state index contributed by atoms with van der Waals surface area (Å²) in [5, 5.41) is 8.65. The molecule has 0 aliphatic rings. The first-order chi connectivity index (χ1) is 4.09. The van der Waals surface area contributed by atoms with E-state index in [9.17, 15) is 4.79 Å². The van der Waals surface area contributed by atoms with Crippen molar-refractivity contribution in [1.29, 1.82) is 0 Å². The lowest BCUT2D eigenvalue weighted by Crippen LogP contribution is -2.00. The van der Waals surface area contributed by atoms with Gasteiger partial charge in [0.15, 0.2) is 0 Å². The number of halogens is 1. The average molecular weight is 195 g/mol. The van der Waals surface area contributed by atoms with Crippen LogP contribution >= 0.6 is 15.9 Å². The third-order valence-corrected chi connectivity index (χ3v) is 1.58. The first-order valence-electron chi connectivity index (χ1n) is 2.23. The van der Waals surface area contributed by atoms with Crippen molar-refractivity contribution < 1.29 is 14.6 Å². The summed E-state index contributed by atoms with van der Waals surface area (Å²) < 4.78 is 4.33. The molecule has 0 aromatic rings. The van der Waals surface area contributed by atoms with Gasteiger partial charge < -0.3 is 9.84 Å². The highest BCUT2D eigenvalue weighted by atomic mass is 79.9. The lowest BCUT2D eigenvalue weighted by molar-refractivity contribution is -0.135. The minimum atomic E-state index is -0.574. The number of carbonyl (C=O) groups excluding carboxylic acids is 1. The Morgan fingerprint density at radius 2 is 2.11 bits per heavy atom. The maximum absolute atomic E-state index is 10.5. The van der Waals surface area contributed by atoms with Crippen LogP contribution in [0.3, 0.4) is 0 Å². The molecule has 0 radical (unpaired) electrons. The third kappa shape index (κ3) is 2.51. The highest BCUT2D eigenvalue weighted by Gasteiger charge is 2.07. The normalized spacial score (nSPS) is 12.3. The molecule has 0 bridgehead atoms. The Balaban J connectivity index is 4.21. The van der Waals surface area contributed by atoms with E-state index < -0.39 is 5.97 Å². The number of ether oxygens (including phenoxy) is 1. The van der Waals surface area contributed by atoms with Crippen LogP contribution in [-0.4, -0.2) is 18.2 Å². The maximum Gasteiger partial charge on any atom is 0.348 e. The number of rotatable bonds is 1. The van der Waals surface area contributed by atoms with Crippen LogP contribution < -0.4 is 0 Å². The number of hydrogen-bond donors (Lipinski definition) is 1. The molecule has 0 amide bonds. The Morgan fingerprint density at radius 3 is 2.22 bits per heavy atom. The van der Waals surface area contributed by atoms with E-state index in [1.165, 1.54) is 14.0 Å². The van der Waals surface area contributed by atoms with Gasteiger partial charge in [-0.15, -0.1) is 0 Å². The first-order valence-corrected chi connectivity index (χ1v) is 3.02. The smallest absolute Gasteiger partial charge is 0.348 e. The van der Waals surface area contributed by atoms with Crippen molar-refractivity contribution in [2.24, 2.45) is 0 Å². The molecule has 0 fully saturated rings. The lowest BCUT2D eigenvalue weighted by atomic mass is 10.5. The zero-order chi connectivity index (χ0) is 7.44. The summed E-state index contributed by atoms with van der Waals surface area (Å²) >= 11 is 2.82. The summed E-state index contributed by atoms with van der Waals surface area (Å²) in [4.78, 5) is 10.5. The lowest BCUT2D eigenvalue weighted by Gasteiger charge is -1.95. The van der Waals surface area contributed by atoms with Crippen LogP contribution in [0.1, 0.15) is 6.92 Å². The molecule has 0 atom stereocenters. The number of methoxy groups -OCH3 is 1. The van der Waals surface area contributed by atoms with Gasteiger partial charge in [-0.2, -0.15) is 0 Å². The molecule has 0 aromatic carbocycles. The molecule has 9 heavy (non-hydrogen) atoms. The van der Waals surface area contributed by atoms with Gasteiger partial charge in [-0.1, -0.05) is 0 Å². The van der Waals surface area contributed by atoms with Gasteiger partial charge in [0, 0.05) is 0 Å². The van der Waals surface area contributed by atoms with Gasteiger partial charge in [0.05, 0.1) is 7.11 Å². The van der Waals surface area contributed by atoms with Gasteiger partial charge in [-0.25, -0.2) is 4.79 Å². The number of esters is 1. The number of aliphatic hydroxyl groups is 1. The van der Waals surface area contributed by atoms with Crippen molar-refractivity contribution in [3.63, 3.8) is 0 Å². The van der Waals surface area contributed by atoms with Crippen molar-refractivity contribution in [2.45, 2.75) is 6.92 Å². The molecule has 0 heterocycles. The minimum absolute atomic E-state index is 0.0602. The van der Waals surface area contributed by atoms with E-state index in [-0.39, 0.29) is 10.2 Å². The quantitative estimate of drug-likeness (QED) is 0.390. The average Bonchev–Trinajstić information content (AvgIpc) is 1.84. The monoisotopic (exact) mass is 194 g/mol.